The van der Waals surface area contributed by atoms with E-state index >= 15 is 0 Å². The Kier molecular flexibility index (Phi) is 7.67. The van der Waals surface area contributed by atoms with Crippen LogP contribution in [-0.2, 0) is 17.9 Å². The number of nitrogens with zero attached hydrogens (tertiary/aromatic N) is 6. The summed E-state index contributed by atoms with van der Waals surface area (Å²) in [5.74, 6) is 0.0706. The summed E-state index contributed by atoms with van der Waals surface area (Å²) in [7, 11) is 0. The van der Waals surface area contributed by atoms with E-state index < -0.39 is 5.60 Å². The number of aromatic nitrogens is 4. The fourth-order valence-electron chi connectivity index (χ4n) is 6.04. The van der Waals surface area contributed by atoms with Gasteiger partial charge in [0.05, 0.1) is 29.6 Å². The summed E-state index contributed by atoms with van der Waals surface area (Å²) in [5, 5.41) is 13.5. The van der Waals surface area contributed by atoms with E-state index in [9.17, 15) is 14.7 Å². The number of halogens is 1. The molecule has 208 valence electrons. The molecule has 1 aromatic carbocycles. The van der Waals surface area contributed by atoms with Crippen LogP contribution in [0.2, 0.25) is 4.34 Å². The standard InChI is InChI=1S/C29H31ClN6O3S/c30-26-25-24(17-40-26)28(38)36(19-33-25)18-29(39)7-12-35(13-8-29)27(37)22-6-11-34(15-21-14-31-9-10-32-21)16-23(22)20-4-2-1-3-5-20/h1-5,9-10,14,17,19,22-23,39H,6-8,11-13,15-16,18H2/t22-,23+/m1/s1. The summed E-state index contributed by atoms with van der Waals surface area (Å²) < 4.78 is 1.94. The molecular weight excluding hydrogens is 548 g/mol. The highest BCUT2D eigenvalue weighted by atomic mass is 35.5. The van der Waals surface area contributed by atoms with Gasteiger partial charge in [0.25, 0.3) is 5.56 Å². The number of thiophene rings is 1. The molecule has 2 fully saturated rings. The van der Waals surface area contributed by atoms with Crippen LogP contribution in [0.5, 0.6) is 0 Å². The normalized spacial score (nSPS) is 21.5. The van der Waals surface area contributed by atoms with E-state index in [1.807, 2.05) is 23.1 Å². The molecule has 2 aliphatic heterocycles. The largest absolute Gasteiger partial charge is 0.388 e. The zero-order valence-corrected chi connectivity index (χ0v) is 23.6. The minimum Gasteiger partial charge on any atom is -0.388 e. The predicted molar refractivity (Wildman–Crippen MR) is 154 cm³/mol. The fourth-order valence-corrected chi connectivity index (χ4v) is 7.03. The van der Waals surface area contributed by atoms with Crippen LogP contribution in [-0.4, -0.2) is 72.1 Å². The maximum absolute atomic E-state index is 13.9. The lowest BCUT2D eigenvalue weighted by atomic mass is 9.79. The van der Waals surface area contributed by atoms with Crippen molar-refractivity contribution in [3.63, 3.8) is 0 Å². The Morgan fingerprint density at radius 2 is 1.93 bits per heavy atom. The number of benzene rings is 1. The Hall–Kier alpha value is -3.18. The van der Waals surface area contributed by atoms with Gasteiger partial charge in [0.2, 0.25) is 5.91 Å². The Balaban J connectivity index is 1.13. The average Bonchev–Trinajstić information content (AvgIpc) is 3.36. The fraction of sp³-hybridized carbons (Fsp3) is 0.414. The number of fused-ring (bicyclic) bond motifs is 1. The third kappa shape index (κ3) is 5.54. The smallest absolute Gasteiger partial charge is 0.262 e. The van der Waals surface area contributed by atoms with Crippen LogP contribution < -0.4 is 5.56 Å². The maximum atomic E-state index is 13.9. The van der Waals surface area contributed by atoms with Crippen LogP contribution >= 0.6 is 22.9 Å². The molecule has 2 aliphatic rings. The van der Waals surface area contributed by atoms with E-state index in [0.29, 0.717) is 47.7 Å². The number of hydrogen-bond donors (Lipinski definition) is 1. The molecule has 0 radical (unpaired) electrons. The van der Waals surface area contributed by atoms with Gasteiger partial charge in [0.1, 0.15) is 9.85 Å². The lowest BCUT2D eigenvalue weighted by molar-refractivity contribution is -0.142. The summed E-state index contributed by atoms with van der Waals surface area (Å²) in [6.07, 6.45) is 8.18. The third-order valence-corrected chi connectivity index (χ3v) is 9.45. The zero-order valence-electron chi connectivity index (χ0n) is 22.0. The summed E-state index contributed by atoms with van der Waals surface area (Å²) in [6.45, 7) is 3.31. The molecule has 11 heteroatoms. The van der Waals surface area contributed by atoms with Crippen LogP contribution in [0.1, 0.15) is 36.4 Å². The lowest BCUT2D eigenvalue weighted by Crippen LogP contribution is -2.53. The van der Waals surface area contributed by atoms with Crippen LogP contribution in [0.15, 0.2) is 65.4 Å². The van der Waals surface area contributed by atoms with Crippen molar-refractivity contribution in [2.24, 2.45) is 5.92 Å². The number of rotatable bonds is 6. The SMILES string of the molecule is O=C([C@@H]1CCN(Cc2cnccn2)C[C@H]1c1ccccc1)N1CCC(O)(Cn2cnc3c(Cl)scc3c2=O)CC1. The molecule has 0 aliphatic carbocycles. The number of piperidine rings is 2. The summed E-state index contributed by atoms with van der Waals surface area (Å²) in [6, 6.07) is 10.3. The summed E-state index contributed by atoms with van der Waals surface area (Å²) in [4.78, 5) is 44.0. The highest BCUT2D eigenvalue weighted by molar-refractivity contribution is 7.16. The molecule has 2 saturated heterocycles. The molecule has 9 nitrogen and oxygen atoms in total. The van der Waals surface area contributed by atoms with Gasteiger partial charge in [-0.3, -0.25) is 29.0 Å². The Morgan fingerprint density at radius 3 is 2.67 bits per heavy atom. The molecule has 40 heavy (non-hydrogen) atoms. The van der Waals surface area contributed by atoms with Gasteiger partial charge in [0.15, 0.2) is 0 Å². The molecule has 0 saturated carbocycles. The second-order valence-corrected chi connectivity index (χ2v) is 12.3. The van der Waals surface area contributed by atoms with E-state index in [-0.39, 0.29) is 29.8 Å². The van der Waals surface area contributed by atoms with Gasteiger partial charge in [-0.2, -0.15) is 0 Å². The number of carbonyl (C=O) groups is 1. The zero-order chi connectivity index (χ0) is 27.7. The lowest BCUT2D eigenvalue weighted by Gasteiger charge is -2.43. The van der Waals surface area contributed by atoms with Gasteiger partial charge < -0.3 is 10.0 Å². The third-order valence-electron chi connectivity index (χ3n) is 8.25. The molecule has 1 amide bonds. The second-order valence-electron chi connectivity index (χ2n) is 10.8. The minimum absolute atomic E-state index is 0.0637. The molecule has 0 spiro atoms. The number of carbonyl (C=O) groups excluding carboxylic acids is 1. The van der Waals surface area contributed by atoms with Crippen molar-refractivity contribution >= 4 is 39.7 Å². The van der Waals surface area contributed by atoms with E-state index in [1.165, 1.54) is 22.2 Å². The molecule has 4 aromatic rings. The van der Waals surface area contributed by atoms with Gasteiger partial charge in [-0.1, -0.05) is 41.9 Å². The van der Waals surface area contributed by atoms with Crippen molar-refractivity contribution in [2.45, 2.75) is 43.9 Å². The first-order valence-electron chi connectivity index (χ1n) is 13.6. The number of hydrogen-bond acceptors (Lipinski definition) is 8. The first kappa shape index (κ1) is 27.0. The molecule has 3 aromatic heterocycles. The van der Waals surface area contributed by atoms with Gasteiger partial charge in [-0.05, 0) is 31.4 Å². The Bertz CT molecular complexity index is 1540. The Labute approximate surface area is 241 Å². The molecule has 0 bridgehead atoms. The minimum atomic E-state index is -1.09. The van der Waals surface area contributed by atoms with E-state index in [4.69, 9.17) is 11.6 Å². The van der Waals surface area contributed by atoms with Crippen LogP contribution in [0.4, 0.5) is 0 Å². The van der Waals surface area contributed by atoms with E-state index in [2.05, 4.69) is 32.0 Å². The Morgan fingerprint density at radius 1 is 1.12 bits per heavy atom. The molecule has 0 unspecified atom stereocenters. The first-order valence-corrected chi connectivity index (χ1v) is 14.8. The predicted octanol–water partition coefficient (Wildman–Crippen LogP) is 3.56. The average molecular weight is 579 g/mol. The van der Waals surface area contributed by atoms with E-state index in [1.54, 1.807) is 24.0 Å². The van der Waals surface area contributed by atoms with Crippen molar-refractivity contribution in [2.75, 3.05) is 26.2 Å². The van der Waals surface area contributed by atoms with Crippen LogP contribution in [0, 0.1) is 5.92 Å². The van der Waals surface area contributed by atoms with Gasteiger partial charge in [0, 0.05) is 62.0 Å². The molecule has 5 heterocycles. The number of aliphatic hydroxyl groups is 1. The first-order chi connectivity index (χ1) is 19.4. The summed E-state index contributed by atoms with van der Waals surface area (Å²) >= 11 is 7.41. The molecule has 2 atom stereocenters. The maximum Gasteiger partial charge on any atom is 0.262 e. The van der Waals surface area contributed by atoms with Crippen molar-refractivity contribution < 1.29 is 9.90 Å². The van der Waals surface area contributed by atoms with Gasteiger partial charge >= 0.3 is 0 Å². The van der Waals surface area contributed by atoms with Crippen molar-refractivity contribution in [1.82, 2.24) is 29.3 Å². The van der Waals surface area contributed by atoms with Crippen molar-refractivity contribution in [1.29, 1.82) is 0 Å². The second kappa shape index (κ2) is 11.4. The van der Waals surface area contributed by atoms with Gasteiger partial charge in [-0.25, -0.2) is 4.98 Å². The molecule has 1 N–H and O–H groups in total. The number of likely N-dealkylation sites (tertiary alicyclic amines) is 2. The van der Waals surface area contributed by atoms with Crippen LogP contribution in [0.25, 0.3) is 10.9 Å². The molecular formula is C29H31ClN6O3S. The van der Waals surface area contributed by atoms with Crippen molar-refractivity contribution in [3.8, 4) is 0 Å². The van der Waals surface area contributed by atoms with Gasteiger partial charge in [-0.15, -0.1) is 11.3 Å². The van der Waals surface area contributed by atoms with Crippen LogP contribution in [0.3, 0.4) is 0 Å². The summed E-state index contributed by atoms with van der Waals surface area (Å²) in [5.41, 5.74) is 1.28. The monoisotopic (exact) mass is 578 g/mol. The number of amides is 1. The topological polar surface area (TPSA) is 104 Å². The molecule has 6 rings (SSSR count). The highest BCUT2D eigenvalue weighted by Gasteiger charge is 2.41. The highest BCUT2D eigenvalue weighted by Crippen LogP contribution is 2.36. The quantitative estimate of drug-likeness (QED) is 0.373. The van der Waals surface area contributed by atoms with Crippen molar-refractivity contribution in [3.05, 3.63) is 86.6 Å². The van der Waals surface area contributed by atoms with E-state index in [0.717, 1.165) is 30.8 Å².